The Labute approximate surface area is 124 Å². The van der Waals surface area contributed by atoms with Gasteiger partial charge >= 0.3 is 5.97 Å². The quantitative estimate of drug-likeness (QED) is 0.387. The molecule has 0 saturated heterocycles. The lowest BCUT2D eigenvalue weighted by Crippen LogP contribution is -1.93. The van der Waals surface area contributed by atoms with Gasteiger partial charge in [0, 0.05) is 12.8 Å². The van der Waals surface area contributed by atoms with Gasteiger partial charge in [0.15, 0.2) is 0 Å². The number of aliphatic carboxylic acids is 1. The number of hydrogen-bond acceptors (Lipinski definition) is 1. The third-order valence-corrected chi connectivity index (χ3v) is 3.23. The maximum Gasteiger partial charge on any atom is 0.303 e. The summed E-state index contributed by atoms with van der Waals surface area (Å²) in [6.07, 6.45) is 17.2. The van der Waals surface area contributed by atoms with Crippen LogP contribution < -0.4 is 0 Å². The number of rotatable bonds is 12. The molecule has 0 aliphatic carbocycles. The summed E-state index contributed by atoms with van der Waals surface area (Å²) in [7, 11) is 0. The van der Waals surface area contributed by atoms with Crippen LogP contribution in [0.3, 0.4) is 0 Å². The Bertz CT molecular complexity index is 307. The minimum Gasteiger partial charge on any atom is -0.481 e. The molecule has 0 bridgehead atoms. The molecule has 0 aromatic heterocycles. The van der Waals surface area contributed by atoms with Crippen LogP contribution in [0.1, 0.15) is 84.0 Å². The SMILES string of the molecule is CCC=CC#CCCCCCCCCCCCC(=O)O. The van der Waals surface area contributed by atoms with Crippen molar-refractivity contribution < 1.29 is 9.90 Å². The summed E-state index contributed by atoms with van der Waals surface area (Å²) in [5.41, 5.74) is 0. The molecule has 2 heteroatoms. The molecule has 0 amide bonds. The van der Waals surface area contributed by atoms with E-state index in [0.29, 0.717) is 6.42 Å². The summed E-state index contributed by atoms with van der Waals surface area (Å²) in [6.45, 7) is 2.12. The Hall–Kier alpha value is -1.23. The van der Waals surface area contributed by atoms with Crippen LogP contribution >= 0.6 is 0 Å². The van der Waals surface area contributed by atoms with Gasteiger partial charge in [-0.05, 0) is 25.3 Å². The monoisotopic (exact) mass is 278 g/mol. The third-order valence-electron chi connectivity index (χ3n) is 3.23. The van der Waals surface area contributed by atoms with Crippen molar-refractivity contribution in [1.29, 1.82) is 0 Å². The molecule has 0 fully saturated rings. The Morgan fingerprint density at radius 2 is 1.50 bits per heavy atom. The van der Waals surface area contributed by atoms with Crippen molar-refractivity contribution >= 4 is 5.97 Å². The topological polar surface area (TPSA) is 37.3 Å². The highest BCUT2D eigenvalue weighted by Gasteiger charge is 1.96. The fourth-order valence-corrected chi connectivity index (χ4v) is 2.03. The van der Waals surface area contributed by atoms with Gasteiger partial charge in [0.2, 0.25) is 0 Å². The number of unbranched alkanes of at least 4 members (excludes halogenated alkanes) is 9. The highest BCUT2D eigenvalue weighted by atomic mass is 16.4. The Balaban J connectivity index is 3.11. The van der Waals surface area contributed by atoms with E-state index in [9.17, 15) is 4.79 Å². The summed E-state index contributed by atoms with van der Waals surface area (Å²) in [4.78, 5) is 10.3. The molecule has 0 heterocycles. The third kappa shape index (κ3) is 16.8. The van der Waals surface area contributed by atoms with Gasteiger partial charge < -0.3 is 5.11 Å². The smallest absolute Gasteiger partial charge is 0.303 e. The van der Waals surface area contributed by atoms with Crippen LogP contribution in [0.5, 0.6) is 0 Å². The number of allylic oxidation sites excluding steroid dienone is 2. The molecular formula is C18H30O2. The molecular weight excluding hydrogens is 248 g/mol. The van der Waals surface area contributed by atoms with Crippen molar-refractivity contribution in [2.75, 3.05) is 0 Å². The second-order valence-electron chi connectivity index (χ2n) is 5.21. The van der Waals surface area contributed by atoms with Gasteiger partial charge in [0.1, 0.15) is 0 Å². The van der Waals surface area contributed by atoms with Crippen LogP contribution in [0.2, 0.25) is 0 Å². The van der Waals surface area contributed by atoms with E-state index >= 15 is 0 Å². The van der Waals surface area contributed by atoms with E-state index in [1.54, 1.807) is 0 Å². The van der Waals surface area contributed by atoms with Gasteiger partial charge in [-0.25, -0.2) is 0 Å². The van der Waals surface area contributed by atoms with E-state index in [1.165, 1.54) is 44.9 Å². The second-order valence-corrected chi connectivity index (χ2v) is 5.21. The molecule has 0 radical (unpaired) electrons. The van der Waals surface area contributed by atoms with Gasteiger partial charge in [-0.15, -0.1) is 0 Å². The first-order chi connectivity index (χ1) is 9.77. The van der Waals surface area contributed by atoms with Gasteiger partial charge in [-0.1, -0.05) is 69.8 Å². The maximum absolute atomic E-state index is 10.3. The summed E-state index contributed by atoms with van der Waals surface area (Å²) < 4.78 is 0. The van der Waals surface area contributed by atoms with Crippen LogP contribution in [-0.2, 0) is 4.79 Å². The number of carbonyl (C=O) groups is 1. The Kier molecular flexibility index (Phi) is 14.9. The standard InChI is InChI=1S/C18H30O2/c1-2-3-4-5-6-7-8-9-10-11-12-13-14-15-16-17-18(19)20/h3-4H,2,7-17H2,1H3,(H,19,20). The molecule has 0 aromatic carbocycles. The zero-order valence-electron chi connectivity index (χ0n) is 13.0. The lowest BCUT2D eigenvalue weighted by molar-refractivity contribution is -0.137. The normalized spacial score (nSPS) is 10.4. The molecule has 0 aromatic rings. The summed E-state index contributed by atoms with van der Waals surface area (Å²) in [6, 6.07) is 0. The van der Waals surface area contributed by atoms with Crippen molar-refractivity contribution in [3.63, 3.8) is 0 Å². The van der Waals surface area contributed by atoms with Crippen molar-refractivity contribution in [3.05, 3.63) is 12.2 Å². The fourth-order valence-electron chi connectivity index (χ4n) is 2.03. The van der Waals surface area contributed by atoms with Crippen LogP contribution in [0, 0.1) is 11.8 Å². The first kappa shape index (κ1) is 18.8. The lowest BCUT2D eigenvalue weighted by atomic mass is 10.1. The van der Waals surface area contributed by atoms with Crippen molar-refractivity contribution in [3.8, 4) is 11.8 Å². The molecule has 0 unspecified atom stereocenters. The van der Waals surface area contributed by atoms with Gasteiger partial charge in [-0.2, -0.15) is 0 Å². The van der Waals surface area contributed by atoms with E-state index in [-0.39, 0.29) is 0 Å². The van der Waals surface area contributed by atoms with E-state index in [4.69, 9.17) is 5.11 Å². The van der Waals surface area contributed by atoms with Crippen LogP contribution in [0.25, 0.3) is 0 Å². The molecule has 0 saturated carbocycles. The molecule has 20 heavy (non-hydrogen) atoms. The largest absolute Gasteiger partial charge is 0.481 e. The molecule has 2 nitrogen and oxygen atoms in total. The highest BCUT2D eigenvalue weighted by molar-refractivity contribution is 5.66. The number of carboxylic acids is 1. The van der Waals surface area contributed by atoms with Crippen molar-refractivity contribution in [2.24, 2.45) is 0 Å². The minimum atomic E-state index is -0.668. The summed E-state index contributed by atoms with van der Waals surface area (Å²) >= 11 is 0. The Morgan fingerprint density at radius 1 is 0.950 bits per heavy atom. The molecule has 0 atom stereocenters. The molecule has 114 valence electrons. The maximum atomic E-state index is 10.3. The molecule has 0 rings (SSSR count). The predicted molar refractivity (Wildman–Crippen MR) is 85.6 cm³/mol. The lowest BCUT2D eigenvalue weighted by Gasteiger charge is -2.01. The van der Waals surface area contributed by atoms with Gasteiger partial charge in [-0.3, -0.25) is 4.79 Å². The van der Waals surface area contributed by atoms with Crippen molar-refractivity contribution in [2.45, 2.75) is 84.0 Å². The van der Waals surface area contributed by atoms with E-state index in [0.717, 1.165) is 25.7 Å². The predicted octanol–water partition coefficient (Wildman–Crippen LogP) is 5.33. The van der Waals surface area contributed by atoms with E-state index in [1.807, 2.05) is 6.08 Å². The summed E-state index contributed by atoms with van der Waals surface area (Å²) in [5, 5.41) is 8.50. The van der Waals surface area contributed by atoms with Crippen molar-refractivity contribution in [1.82, 2.24) is 0 Å². The molecule has 1 N–H and O–H groups in total. The second kappa shape index (κ2) is 15.8. The van der Waals surface area contributed by atoms with Gasteiger partial charge in [0.25, 0.3) is 0 Å². The average Bonchev–Trinajstić information content (AvgIpc) is 2.43. The zero-order chi connectivity index (χ0) is 14.9. The first-order valence-corrected chi connectivity index (χ1v) is 8.12. The highest BCUT2D eigenvalue weighted by Crippen LogP contribution is 2.11. The average molecular weight is 278 g/mol. The molecule has 0 aliphatic rings. The number of carboxylic acid groups (broad SMARTS) is 1. The summed E-state index contributed by atoms with van der Waals surface area (Å²) in [5.74, 6) is 5.55. The van der Waals surface area contributed by atoms with Crippen LogP contribution in [0.15, 0.2) is 12.2 Å². The van der Waals surface area contributed by atoms with Gasteiger partial charge in [0.05, 0.1) is 0 Å². The number of hydrogen-bond donors (Lipinski definition) is 1. The zero-order valence-corrected chi connectivity index (χ0v) is 13.0. The molecule has 0 aliphatic heterocycles. The van der Waals surface area contributed by atoms with Crippen LogP contribution in [0.4, 0.5) is 0 Å². The van der Waals surface area contributed by atoms with Crippen LogP contribution in [-0.4, -0.2) is 11.1 Å². The minimum absolute atomic E-state index is 0.328. The first-order valence-electron chi connectivity index (χ1n) is 8.12. The fraction of sp³-hybridized carbons (Fsp3) is 0.722. The van der Waals surface area contributed by atoms with E-state index in [2.05, 4.69) is 24.8 Å². The Morgan fingerprint density at radius 3 is 2.05 bits per heavy atom. The van der Waals surface area contributed by atoms with E-state index < -0.39 is 5.97 Å². The molecule has 0 spiro atoms.